The van der Waals surface area contributed by atoms with Crippen LogP contribution < -0.4 is 10.1 Å². The minimum atomic E-state index is -0.675. The fourth-order valence-electron chi connectivity index (χ4n) is 4.52. The lowest BCUT2D eigenvalue weighted by Crippen LogP contribution is -2.52. The Hall–Kier alpha value is -4.01. The minimum Gasteiger partial charge on any atom is -0.497 e. The maximum absolute atomic E-state index is 14.7. The molecule has 1 fully saturated rings. The lowest BCUT2D eigenvalue weighted by molar-refractivity contribution is -0.136. The number of aryl methyl sites for hydroxylation is 1. The van der Waals surface area contributed by atoms with Gasteiger partial charge < -0.3 is 9.64 Å². The summed E-state index contributed by atoms with van der Waals surface area (Å²) in [5.41, 5.74) is 3.70. The second-order valence-corrected chi connectivity index (χ2v) is 8.15. The van der Waals surface area contributed by atoms with Gasteiger partial charge in [0.05, 0.1) is 19.0 Å². The summed E-state index contributed by atoms with van der Waals surface area (Å²) in [5.74, 6) is -0.887. The van der Waals surface area contributed by atoms with Crippen molar-refractivity contribution >= 4 is 17.7 Å². The summed E-state index contributed by atoms with van der Waals surface area (Å²) < 4.78 is 21.6. The number of hydrogen-bond acceptors (Lipinski definition) is 5. The minimum absolute atomic E-state index is 0.201. The van der Waals surface area contributed by atoms with Crippen LogP contribution in [0, 0.1) is 5.82 Å². The first-order valence-corrected chi connectivity index (χ1v) is 10.5. The van der Waals surface area contributed by atoms with Crippen molar-refractivity contribution in [3.8, 4) is 28.1 Å². The van der Waals surface area contributed by atoms with Crippen molar-refractivity contribution in [1.82, 2.24) is 20.0 Å². The second kappa shape index (κ2) is 7.84. The number of aromatic nitrogens is 2. The van der Waals surface area contributed by atoms with Gasteiger partial charge in [-0.1, -0.05) is 6.07 Å². The number of halogens is 1. The van der Waals surface area contributed by atoms with Crippen LogP contribution in [0.15, 0.2) is 42.6 Å². The number of carbonyl (C=O) groups excluding carboxylic acids is 3. The molecule has 0 spiro atoms. The zero-order valence-corrected chi connectivity index (χ0v) is 18.1. The Morgan fingerprint density at radius 2 is 1.91 bits per heavy atom. The molecule has 8 nitrogen and oxygen atoms in total. The Bertz CT molecular complexity index is 1320. The van der Waals surface area contributed by atoms with E-state index >= 15 is 0 Å². The highest BCUT2D eigenvalue weighted by atomic mass is 19.1. The monoisotopic (exact) mass is 448 g/mol. The zero-order chi connectivity index (χ0) is 23.3. The van der Waals surface area contributed by atoms with E-state index in [0.29, 0.717) is 34.6 Å². The molecule has 3 heterocycles. The first-order chi connectivity index (χ1) is 15.9. The van der Waals surface area contributed by atoms with E-state index in [4.69, 9.17) is 4.74 Å². The van der Waals surface area contributed by atoms with Gasteiger partial charge >= 0.3 is 0 Å². The fraction of sp³-hybridized carbons (Fsp3) is 0.250. The van der Waals surface area contributed by atoms with Crippen LogP contribution in [0.2, 0.25) is 0 Å². The van der Waals surface area contributed by atoms with E-state index in [1.54, 1.807) is 42.2 Å². The third-order valence-electron chi connectivity index (χ3n) is 6.20. The van der Waals surface area contributed by atoms with Crippen LogP contribution in [0.3, 0.4) is 0 Å². The van der Waals surface area contributed by atoms with E-state index < -0.39 is 17.8 Å². The predicted molar refractivity (Wildman–Crippen MR) is 117 cm³/mol. The Morgan fingerprint density at radius 3 is 2.67 bits per heavy atom. The molecule has 5 rings (SSSR count). The number of hydrogen-bond donors (Lipinski definition) is 1. The number of nitrogens with zero attached hydrogens (tertiary/aromatic N) is 3. The van der Waals surface area contributed by atoms with Crippen LogP contribution in [0.4, 0.5) is 4.39 Å². The van der Waals surface area contributed by atoms with E-state index in [1.165, 1.54) is 18.1 Å². The molecule has 3 amide bonds. The van der Waals surface area contributed by atoms with Crippen molar-refractivity contribution in [2.24, 2.45) is 7.05 Å². The normalized spacial score (nSPS) is 17.8. The van der Waals surface area contributed by atoms with Gasteiger partial charge in [-0.3, -0.25) is 24.4 Å². The molecule has 0 bridgehead atoms. The van der Waals surface area contributed by atoms with Crippen LogP contribution in [-0.2, 0) is 23.2 Å². The summed E-state index contributed by atoms with van der Waals surface area (Å²) in [4.78, 5) is 38.2. The molecule has 1 atom stereocenters. The quantitative estimate of drug-likeness (QED) is 0.620. The Balaban J connectivity index is 1.51. The molecular weight excluding hydrogens is 427 g/mol. The third-order valence-corrected chi connectivity index (χ3v) is 6.20. The Labute approximate surface area is 188 Å². The number of rotatable bonds is 4. The van der Waals surface area contributed by atoms with Crippen LogP contribution >= 0.6 is 0 Å². The summed E-state index contributed by atoms with van der Waals surface area (Å²) in [6, 6.07) is 9.24. The van der Waals surface area contributed by atoms with E-state index in [1.807, 2.05) is 6.07 Å². The van der Waals surface area contributed by atoms with E-state index in [2.05, 4.69) is 10.4 Å². The molecule has 0 radical (unpaired) electrons. The van der Waals surface area contributed by atoms with Gasteiger partial charge in [0.1, 0.15) is 17.6 Å². The molecular formula is C24H21FN4O4. The Kier molecular flexibility index (Phi) is 4.96. The van der Waals surface area contributed by atoms with Gasteiger partial charge in [0, 0.05) is 36.7 Å². The summed E-state index contributed by atoms with van der Waals surface area (Å²) in [6.07, 6.45) is 2.16. The molecule has 9 heteroatoms. The smallest absolute Gasteiger partial charge is 0.255 e. The van der Waals surface area contributed by atoms with Gasteiger partial charge in [-0.15, -0.1) is 0 Å². The number of carbonyl (C=O) groups is 3. The van der Waals surface area contributed by atoms with Gasteiger partial charge in [-0.05, 0) is 47.9 Å². The second-order valence-electron chi connectivity index (χ2n) is 8.15. The summed E-state index contributed by atoms with van der Waals surface area (Å²) in [5, 5.41) is 6.63. The standard InChI is InChI=1S/C24H21FN4O4/c1-28-22(17-10-15(33-2)4-6-19(17)25)18(11-26-28)13-3-5-16-14(9-13)12-29(24(16)32)20-7-8-21(30)27-23(20)31/h3-6,9-11,20H,7-8,12H2,1-2H3,(H,27,30,31). The van der Waals surface area contributed by atoms with E-state index in [0.717, 1.165) is 11.1 Å². The summed E-state index contributed by atoms with van der Waals surface area (Å²) in [7, 11) is 3.26. The van der Waals surface area contributed by atoms with Crippen molar-refractivity contribution in [2.75, 3.05) is 7.11 Å². The number of imide groups is 1. The van der Waals surface area contributed by atoms with Crippen molar-refractivity contribution in [1.29, 1.82) is 0 Å². The highest BCUT2D eigenvalue weighted by Gasteiger charge is 2.39. The predicted octanol–water partition coefficient (Wildman–Crippen LogP) is 2.66. The molecule has 1 aromatic heterocycles. The largest absolute Gasteiger partial charge is 0.497 e. The van der Waals surface area contributed by atoms with Gasteiger partial charge in [0.15, 0.2) is 0 Å². The van der Waals surface area contributed by atoms with Crippen LogP contribution in [0.25, 0.3) is 22.4 Å². The molecule has 2 aliphatic rings. The molecule has 168 valence electrons. The molecule has 1 N–H and O–H groups in total. The average molecular weight is 448 g/mol. The number of fused-ring (bicyclic) bond motifs is 1. The van der Waals surface area contributed by atoms with Crippen molar-refractivity contribution in [3.63, 3.8) is 0 Å². The molecule has 0 aliphatic carbocycles. The maximum Gasteiger partial charge on any atom is 0.255 e. The number of nitrogens with one attached hydrogen (secondary N) is 1. The third kappa shape index (κ3) is 3.45. The van der Waals surface area contributed by atoms with Crippen LogP contribution in [-0.4, -0.2) is 45.6 Å². The summed E-state index contributed by atoms with van der Waals surface area (Å²) >= 11 is 0. The topological polar surface area (TPSA) is 93.5 Å². The summed E-state index contributed by atoms with van der Waals surface area (Å²) in [6.45, 7) is 0.261. The number of benzene rings is 2. The molecule has 0 saturated carbocycles. The van der Waals surface area contributed by atoms with Crippen molar-refractivity contribution < 1.29 is 23.5 Å². The van der Waals surface area contributed by atoms with Crippen LogP contribution in [0.1, 0.15) is 28.8 Å². The number of methoxy groups -OCH3 is 1. The van der Waals surface area contributed by atoms with E-state index in [-0.39, 0.29) is 24.8 Å². The molecule has 3 aromatic rings. The SMILES string of the molecule is COc1ccc(F)c(-c2c(-c3ccc4c(c3)CN(C3CCC(=O)NC3=O)C4=O)cnn2C)c1. The van der Waals surface area contributed by atoms with Crippen LogP contribution in [0.5, 0.6) is 5.75 Å². The molecule has 2 aliphatic heterocycles. The lowest BCUT2D eigenvalue weighted by atomic mass is 9.98. The fourth-order valence-corrected chi connectivity index (χ4v) is 4.52. The first kappa shape index (κ1) is 20.9. The highest BCUT2D eigenvalue weighted by molar-refractivity contribution is 6.05. The first-order valence-electron chi connectivity index (χ1n) is 10.5. The zero-order valence-electron chi connectivity index (χ0n) is 18.1. The van der Waals surface area contributed by atoms with E-state index in [9.17, 15) is 18.8 Å². The lowest BCUT2D eigenvalue weighted by Gasteiger charge is -2.29. The number of amides is 3. The number of ether oxygens (including phenoxy) is 1. The Morgan fingerprint density at radius 1 is 1.09 bits per heavy atom. The van der Waals surface area contributed by atoms with Crippen molar-refractivity contribution in [3.05, 3.63) is 59.5 Å². The van der Waals surface area contributed by atoms with Gasteiger partial charge in [0.2, 0.25) is 11.8 Å². The van der Waals surface area contributed by atoms with Crippen molar-refractivity contribution in [2.45, 2.75) is 25.4 Å². The molecule has 1 unspecified atom stereocenters. The van der Waals surface area contributed by atoms with Gasteiger partial charge in [-0.2, -0.15) is 5.10 Å². The van der Waals surface area contributed by atoms with Gasteiger partial charge in [-0.25, -0.2) is 4.39 Å². The molecule has 1 saturated heterocycles. The molecule has 33 heavy (non-hydrogen) atoms. The average Bonchev–Trinajstić information content (AvgIpc) is 3.34. The molecule has 2 aromatic carbocycles. The van der Waals surface area contributed by atoms with Gasteiger partial charge in [0.25, 0.3) is 5.91 Å². The highest BCUT2D eigenvalue weighted by Crippen LogP contribution is 2.37. The number of piperidine rings is 1. The maximum atomic E-state index is 14.7.